The van der Waals surface area contributed by atoms with E-state index in [1.165, 1.54) is 5.56 Å². The number of benzene rings is 1. The zero-order chi connectivity index (χ0) is 12.0. The van der Waals surface area contributed by atoms with Gasteiger partial charge in [0.2, 0.25) is 5.91 Å². The van der Waals surface area contributed by atoms with E-state index in [1.54, 1.807) is 0 Å². The van der Waals surface area contributed by atoms with Gasteiger partial charge in [0.1, 0.15) is 0 Å². The second-order valence-electron chi connectivity index (χ2n) is 4.33. The topological polar surface area (TPSA) is 20.3 Å². The van der Waals surface area contributed by atoms with Gasteiger partial charge in [0, 0.05) is 13.6 Å². The maximum absolute atomic E-state index is 11.8. The first-order chi connectivity index (χ1) is 7.63. The number of amides is 1. The molecule has 0 bridgehead atoms. The van der Waals surface area contributed by atoms with Crippen molar-refractivity contribution in [2.24, 2.45) is 0 Å². The molecule has 0 spiro atoms. The summed E-state index contributed by atoms with van der Waals surface area (Å²) < 4.78 is 0. The first-order valence-corrected chi connectivity index (χ1v) is 5.93. The second kappa shape index (κ2) is 6.31. The van der Waals surface area contributed by atoms with E-state index in [0.717, 1.165) is 24.9 Å². The lowest BCUT2D eigenvalue weighted by atomic mass is 10.1. The van der Waals surface area contributed by atoms with Crippen LogP contribution in [-0.2, 0) is 11.2 Å². The Kier molecular flexibility index (Phi) is 5.03. The highest BCUT2D eigenvalue weighted by Gasteiger charge is 2.08. The fourth-order valence-corrected chi connectivity index (χ4v) is 1.54. The number of likely N-dealkylation sites (N-methyl/N-ethyl adjacent to an activating group) is 1. The first-order valence-electron chi connectivity index (χ1n) is 5.93. The average molecular weight is 219 g/mol. The molecule has 16 heavy (non-hydrogen) atoms. The van der Waals surface area contributed by atoms with Crippen LogP contribution in [0, 0.1) is 6.92 Å². The van der Waals surface area contributed by atoms with Crippen LogP contribution in [0.2, 0.25) is 0 Å². The summed E-state index contributed by atoms with van der Waals surface area (Å²) in [6, 6.07) is 8.16. The molecular weight excluding hydrogens is 198 g/mol. The van der Waals surface area contributed by atoms with E-state index >= 15 is 0 Å². The van der Waals surface area contributed by atoms with Crippen LogP contribution in [0.4, 0.5) is 0 Å². The lowest BCUT2D eigenvalue weighted by Gasteiger charge is -2.16. The number of hydrogen-bond donors (Lipinski definition) is 0. The predicted molar refractivity (Wildman–Crippen MR) is 67.4 cm³/mol. The predicted octanol–water partition coefficient (Wildman–Crippen LogP) is 2.80. The number of rotatable bonds is 5. The first kappa shape index (κ1) is 12.8. The summed E-state index contributed by atoms with van der Waals surface area (Å²) in [5.74, 6) is 0.206. The molecule has 0 heterocycles. The quantitative estimate of drug-likeness (QED) is 0.745. The lowest BCUT2D eigenvalue weighted by molar-refractivity contribution is -0.129. The lowest BCUT2D eigenvalue weighted by Crippen LogP contribution is -2.29. The van der Waals surface area contributed by atoms with Crippen molar-refractivity contribution in [2.45, 2.75) is 33.1 Å². The Bertz CT molecular complexity index is 329. The van der Waals surface area contributed by atoms with E-state index in [9.17, 15) is 4.79 Å². The van der Waals surface area contributed by atoms with E-state index in [0.29, 0.717) is 6.42 Å². The second-order valence-corrected chi connectivity index (χ2v) is 4.33. The minimum atomic E-state index is 0.206. The number of unbranched alkanes of at least 4 members (excludes halogenated alkanes) is 1. The summed E-state index contributed by atoms with van der Waals surface area (Å²) >= 11 is 0. The van der Waals surface area contributed by atoms with Gasteiger partial charge in [-0.05, 0) is 18.9 Å². The highest BCUT2D eigenvalue weighted by Crippen LogP contribution is 2.05. The monoisotopic (exact) mass is 219 g/mol. The number of carbonyl (C=O) groups is 1. The molecule has 0 unspecified atom stereocenters. The zero-order valence-corrected chi connectivity index (χ0v) is 10.5. The van der Waals surface area contributed by atoms with Gasteiger partial charge >= 0.3 is 0 Å². The molecule has 0 saturated carbocycles. The fourth-order valence-electron chi connectivity index (χ4n) is 1.54. The van der Waals surface area contributed by atoms with Gasteiger partial charge in [-0.2, -0.15) is 0 Å². The van der Waals surface area contributed by atoms with Gasteiger partial charge in [0.25, 0.3) is 0 Å². The van der Waals surface area contributed by atoms with Crippen molar-refractivity contribution in [3.8, 4) is 0 Å². The van der Waals surface area contributed by atoms with Crippen molar-refractivity contribution in [1.29, 1.82) is 0 Å². The smallest absolute Gasteiger partial charge is 0.226 e. The van der Waals surface area contributed by atoms with Crippen molar-refractivity contribution >= 4 is 5.91 Å². The average Bonchev–Trinajstić information content (AvgIpc) is 2.29. The molecule has 0 fully saturated rings. The Balaban J connectivity index is 2.47. The molecule has 0 radical (unpaired) electrons. The Morgan fingerprint density at radius 3 is 2.44 bits per heavy atom. The molecule has 1 aromatic rings. The third kappa shape index (κ3) is 4.05. The Morgan fingerprint density at radius 1 is 1.25 bits per heavy atom. The summed E-state index contributed by atoms with van der Waals surface area (Å²) in [6.45, 7) is 5.05. The summed E-state index contributed by atoms with van der Waals surface area (Å²) in [5.41, 5.74) is 2.33. The van der Waals surface area contributed by atoms with Gasteiger partial charge in [-0.15, -0.1) is 0 Å². The van der Waals surface area contributed by atoms with Crippen LogP contribution in [-0.4, -0.2) is 24.4 Å². The van der Waals surface area contributed by atoms with E-state index < -0.39 is 0 Å². The van der Waals surface area contributed by atoms with Crippen molar-refractivity contribution in [2.75, 3.05) is 13.6 Å². The molecule has 88 valence electrons. The summed E-state index contributed by atoms with van der Waals surface area (Å²) in [5, 5.41) is 0. The highest BCUT2D eigenvalue weighted by molar-refractivity contribution is 5.78. The van der Waals surface area contributed by atoms with Gasteiger partial charge in [0.05, 0.1) is 6.42 Å². The van der Waals surface area contributed by atoms with Crippen LogP contribution in [0.15, 0.2) is 24.3 Å². The number of hydrogen-bond acceptors (Lipinski definition) is 1. The van der Waals surface area contributed by atoms with Crippen LogP contribution in [0.3, 0.4) is 0 Å². The minimum Gasteiger partial charge on any atom is -0.345 e. The van der Waals surface area contributed by atoms with Crippen molar-refractivity contribution in [3.63, 3.8) is 0 Å². The normalized spacial score (nSPS) is 10.2. The largest absolute Gasteiger partial charge is 0.345 e. The molecule has 0 aliphatic carbocycles. The summed E-state index contributed by atoms with van der Waals surface area (Å²) in [6.07, 6.45) is 2.72. The summed E-state index contributed by atoms with van der Waals surface area (Å²) in [4.78, 5) is 13.7. The van der Waals surface area contributed by atoms with Crippen LogP contribution >= 0.6 is 0 Å². The molecule has 0 N–H and O–H groups in total. The van der Waals surface area contributed by atoms with Crippen LogP contribution in [0.25, 0.3) is 0 Å². The SMILES string of the molecule is CCCCN(C)C(=O)Cc1ccc(C)cc1. The Labute approximate surface area is 98.3 Å². The van der Waals surface area contributed by atoms with Gasteiger partial charge in [-0.25, -0.2) is 0 Å². The van der Waals surface area contributed by atoms with E-state index in [2.05, 4.69) is 26.0 Å². The molecule has 0 atom stereocenters. The molecular formula is C14H21NO. The molecule has 0 aliphatic rings. The van der Waals surface area contributed by atoms with Gasteiger partial charge < -0.3 is 4.90 Å². The molecule has 0 aromatic heterocycles. The Morgan fingerprint density at radius 2 is 1.88 bits per heavy atom. The van der Waals surface area contributed by atoms with Crippen molar-refractivity contribution < 1.29 is 4.79 Å². The van der Waals surface area contributed by atoms with Crippen LogP contribution < -0.4 is 0 Å². The molecule has 1 aromatic carbocycles. The van der Waals surface area contributed by atoms with Crippen LogP contribution in [0.5, 0.6) is 0 Å². The molecule has 2 nitrogen and oxygen atoms in total. The molecule has 2 heteroatoms. The molecule has 0 saturated heterocycles. The maximum Gasteiger partial charge on any atom is 0.226 e. The molecule has 0 aliphatic heterocycles. The van der Waals surface area contributed by atoms with E-state index in [-0.39, 0.29) is 5.91 Å². The number of aryl methyl sites for hydroxylation is 1. The van der Waals surface area contributed by atoms with Gasteiger partial charge in [-0.3, -0.25) is 4.79 Å². The highest BCUT2D eigenvalue weighted by atomic mass is 16.2. The van der Waals surface area contributed by atoms with E-state index in [1.807, 2.05) is 24.1 Å². The van der Waals surface area contributed by atoms with Crippen molar-refractivity contribution in [3.05, 3.63) is 35.4 Å². The maximum atomic E-state index is 11.8. The fraction of sp³-hybridized carbons (Fsp3) is 0.500. The van der Waals surface area contributed by atoms with E-state index in [4.69, 9.17) is 0 Å². The zero-order valence-electron chi connectivity index (χ0n) is 10.5. The number of carbonyl (C=O) groups excluding carboxylic acids is 1. The van der Waals surface area contributed by atoms with Gasteiger partial charge in [0.15, 0.2) is 0 Å². The van der Waals surface area contributed by atoms with Crippen LogP contribution in [0.1, 0.15) is 30.9 Å². The summed E-state index contributed by atoms with van der Waals surface area (Å²) in [7, 11) is 1.88. The Hall–Kier alpha value is -1.31. The molecule has 1 amide bonds. The third-order valence-corrected chi connectivity index (χ3v) is 2.75. The standard InChI is InChI=1S/C14H21NO/c1-4-5-10-15(3)14(16)11-13-8-6-12(2)7-9-13/h6-9H,4-5,10-11H2,1-3H3. The van der Waals surface area contributed by atoms with Crippen molar-refractivity contribution in [1.82, 2.24) is 4.90 Å². The number of nitrogens with zero attached hydrogens (tertiary/aromatic N) is 1. The van der Waals surface area contributed by atoms with Gasteiger partial charge in [-0.1, -0.05) is 43.2 Å². The minimum absolute atomic E-state index is 0.206. The third-order valence-electron chi connectivity index (χ3n) is 2.75. The molecule has 1 rings (SSSR count).